The molecule has 4 aromatic rings. The summed E-state index contributed by atoms with van der Waals surface area (Å²) < 4.78 is 5.42. The van der Waals surface area contributed by atoms with Gasteiger partial charge in [-0.3, -0.25) is 0 Å². The van der Waals surface area contributed by atoms with Crippen LogP contribution < -0.4 is 4.74 Å². The SMILES string of the molecule is CCc1ccc2c(ccc3cc(C(=O)Oc4ccc(C#N)cc4)ccc32)c1. The number of fused-ring (bicyclic) bond motifs is 3. The Balaban J connectivity index is 1.67. The molecular weight excluding hydrogens is 334 g/mol. The lowest BCUT2D eigenvalue weighted by Crippen LogP contribution is -2.08. The molecule has 0 atom stereocenters. The van der Waals surface area contributed by atoms with Gasteiger partial charge in [0.25, 0.3) is 0 Å². The summed E-state index contributed by atoms with van der Waals surface area (Å²) in [4.78, 5) is 12.5. The smallest absolute Gasteiger partial charge is 0.343 e. The average molecular weight is 351 g/mol. The summed E-state index contributed by atoms with van der Waals surface area (Å²) in [5.74, 6) is 0.00717. The second-order valence-corrected chi connectivity index (χ2v) is 6.44. The van der Waals surface area contributed by atoms with E-state index in [1.807, 2.05) is 24.3 Å². The monoisotopic (exact) mass is 351 g/mol. The van der Waals surface area contributed by atoms with E-state index in [1.165, 1.54) is 16.3 Å². The summed E-state index contributed by atoms with van der Waals surface area (Å²) in [6.45, 7) is 2.15. The van der Waals surface area contributed by atoms with Gasteiger partial charge in [0.15, 0.2) is 0 Å². The predicted molar refractivity (Wildman–Crippen MR) is 107 cm³/mol. The van der Waals surface area contributed by atoms with Gasteiger partial charge in [-0.25, -0.2) is 4.79 Å². The number of nitrogens with zero attached hydrogens (tertiary/aromatic N) is 1. The van der Waals surface area contributed by atoms with Crippen molar-refractivity contribution in [2.75, 3.05) is 0 Å². The number of hydrogen-bond acceptors (Lipinski definition) is 3. The van der Waals surface area contributed by atoms with Crippen molar-refractivity contribution >= 4 is 27.5 Å². The molecule has 130 valence electrons. The van der Waals surface area contributed by atoms with Gasteiger partial charge in [0.1, 0.15) is 5.75 Å². The number of benzene rings is 4. The molecule has 0 N–H and O–H groups in total. The summed E-state index contributed by atoms with van der Waals surface area (Å²) >= 11 is 0. The van der Waals surface area contributed by atoms with E-state index < -0.39 is 5.97 Å². The van der Waals surface area contributed by atoms with Gasteiger partial charge in [-0.2, -0.15) is 5.26 Å². The molecule has 3 nitrogen and oxygen atoms in total. The number of carbonyl (C=O) groups is 1. The van der Waals surface area contributed by atoms with Crippen LogP contribution in [0.15, 0.2) is 72.8 Å². The number of nitriles is 1. The second kappa shape index (κ2) is 6.93. The van der Waals surface area contributed by atoms with Gasteiger partial charge in [-0.1, -0.05) is 43.3 Å². The fourth-order valence-electron chi connectivity index (χ4n) is 3.23. The molecular formula is C24H17NO2. The third-order valence-electron chi connectivity index (χ3n) is 4.74. The van der Waals surface area contributed by atoms with Crippen LogP contribution in [0.3, 0.4) is 0 Å². The molecule has 0 aliphatic heterocycles. The first kappa shape index (κ1) is 16.8. The van der Waals surface area contributed by atoms with E-state index in [4.69, 9.17) is 10.00 Å². The molecule has 0 fully saturated rings. The van der Waals surface area contributed by atoms with Gasteiger partial charge in [0.05, 0.1) is 17.2 Å². The zero-order valence-corrected chi connectivity index (χ0v) is 14.9. The molecule has 0 unspecified atom stereocenters. The highest BCUT2D eigenvalue weighted by molar-refractivity contribution is 6.09. The maximum absolute atomic E-state index is 12.5. The molecule has 27 heavy (non-hydrogen) atoms. The van der Waals surface area contributed by atoms with Crippen LogP contribution in [0.25, 0.3) is 21.5 Å². The molecule has 0 radical (unpaired) electrons. The lowest BCUT2D eigenvalue weighted by molar-refractivity contribution is 0.0735. The average Bonchev–Trinajstić information content (AvgIpc) is 2.73. The zero-order chi connectivity index (χ0) is 18.8. The van der Waals surface area contributed by atoms with Gasteiger partial charge in [0, 0.05) is 0 Å². The van der Waals surface area contributed by atoms with Crippen LogP contribution >= 0.6 is 0 Å². The van der Waals surface area contributed by atoms with Crippen LogP contribution in [-0.4, -0.2) is 5.97 Å². The van der Waals surface area contributed by atoms with Gasteiger partial charge in [0.2, 0.25) is 0 Å². The third-order valence-corrected chi connectivity index (χ3v) is 4.74. The van der Waals surface area contributed by atoms with E-state index in [2.05, 4.69) is 31.2 Å². The number of rotatable bonds is 3. The summed E-state index contributed by atoms with van der Waals surface area (Å²) in [6.07, 6.45) is 1.01. The molecule has 0 bridgehead atoms. The van der Waals surface area contributed by atoms with Gasteiger partial charge >= 0.3 is 5.97 Å². The Hall–Kier alpha value is -3.64. The highest BCUT2D eigenvalue weighted by atomic mass is 16.5. The summed E-state index contributed by atoms with van der Waals surface area (Å²) in [6, 6.07) is 24.8. The van der Waals surface area contributed by atoms with Crippen molar-refractivity contribution in [3.05, 3.63) is 89.5 Å². The fraction of sp³-hybridized carbons (Fsp3) is 0.0833. The Morgan fingerprint density at radius 3 is 2.22 bits per heavy atom. The van der Waals surface area contributed by atoms with Crippen molar-refractivity contribution < 1.29 is 9.53 Å². The van der Waals surface area contributed by atoms with Gasteiger partial charge in [-0.05, 0) is 69.9 Å². The maximum atomic E-state index is 12.5. The molecule has 3 heteroatoms. The molecule has 0 amide bonds. The topological polar surface area (TPSA) is 50.1 Å². The van der Waals surface area contributed by atoms with E-state index >= 15 is 0 Å². The van der Waals surface area contributed by atoms with Crippen molar-refractivity contribution in [1.82, 2.24) is 0 Å². The number of esters is 1. The Morgan fingerprint density at radius 1 is 0.889 bits per heavy atom. The zero-order valence-electron chi connectivity index (χ0n) is 14.9. The van der Waals surface area contributed by atoms with Crippen LogP contribution in [0.1, 0.15) is 28.4 Å². The van der Waals surface area contributed by atoms with E-state index in [0.29, 0.717) is 16.9 Å². The van der Waals surface area contributed by atoms with E-state index in [1.54, 1.807) is 30.3 Å². The first-order valence-corrected chi connectivity index (χ1v) is 8.85. The Morgan fingerprint density at radius 2 is 1.56 bits per heavy atom. The minimum absolute atomic E-state index is 0.414. The first-order valence-electron chi connectivity index (χ1n) is 8.85. The number of aryl methyl sites for hydroxylation is 1. The Bertz CT molecular complexity index is 1200. The highest BCUT2D eigenvalue weighted by Crippen LogP contribution is 2.27. The molecule has 4 rings (SSSR count). The fourth-order valence-corrected chi connectivity index (χ4v) is 3.23. The van der Waals surface area contributed by atoms with Crippen molar-refractivity contribution in [2.24, 2.45) is 0 Å². The van der Waals surface area contributed by atoms with Gasteiger partial charge in [-0.15, -0.1) is 0 Å². The lowest BCUT2D eigenvalue weighted by Gasteiger charge is -2.08. The van der Waals surface area contributed by atoms with E-state index in [-0.39, 0.29) is 0 Å². The molecule has 0 saturated carbocycles. The van der Waals surface area contributed by atoms with Crippen molar-refractivity contribution in [3.8, 4) is 11.8 Å². The van der Waals surface area contributed by atoms with Crippen LogP contribution in [0, 0.1) is 11.3 Å². The Labute approximate surface area is 157 Å². The molecule has 0 spiro atoms. The van der Waals surface area contributed by atoms with Crippen LogP contribution in [0.2, 0.25) is 0 Å². The minimum Gasteiger partial charge on any atom is -0.423 e. The second-order valence-electron chi connectivity index (χ2n) is 6.44. The standard InChI is InChI=1S/C24H17NO2/c1-2-16-5-11-22-18(13-16)6-7-19-14-20(8-12-23(19)22)24(26)27-21-9-3-17(15-25)4-10-21/h3-14H,2H2,1H3. The molecule has 0 aromatic heterocycles. The number of ether oxygens (including phenoxy) is 1. The minimum atomic E-state index is -0.414. The lowest BCUT2D eigenvalue weighted by atomic mass is 9.98. The number of hydrogen-bond donors (Lipinski definition) is 0. The Kier molecular flexibility index (Phi) is 4.32. The van der Waals surface area contributed by atoms with Crippen molar-refractivity contribution in [1.29, 1.82) is 5.26 Å². The maximum Gasteiger partial charge on any atom is 0.343 e. The third kappa shape index (κ3) is 3.26. The first-order chi connectivity index (χ1) is 13.2. The number of carbonyl (C=O) groups excluding carboxylic acids is 1. The van der Waals surface area contributed by atoms with Crippen molar-refractivity contribution in [2.45, 2.75) is 13.3 Å². The highest BCUT2D eigenvalue weighted by Gasteiger charge is 2.11. The normalized spacial score (nSPS) is 10.7. The predicted octanol–water partition coefficient (Wildman–Crippen LogP) is 5.65. The van der Waals surface area contributed by atoms with Crippen LogP contribution in [-0.2, 0) is 6.42 Å². The van der Waals surface area contributed by atoms with E-state index in [0.717, 1.165) is 17.2 Å². The molecule has 0 aliphatic rings. The quantitative estimate of drug-likeness (QED) is 0.272. The van der Waals surface area contributed by atoms with Crippen molar-refractivity contribution in [3.63, 3.8) is 0 Å². The van der Waals surface area contributed by atoms with Crippen LogP contribution in [0.5, 0.6) is 5.75 Å². The molecule has 4 aromatic carbocycles. The molecule has 0 saturated heterocycles. The largest absolute Gasteiger partial charge is 0.423 e. The molecule has 0 heterocycles. The summed E-state index contributed by atoms with van der Waals surface area (Å²) in [5.41, 5.74) is 2.33. The molecule has 0 aliphatic carbocycles. The van der Waals surface area contributed by atoms with E-state index in [9.17, 15) is 4.79 Å². The van der Waals surface area contributed by atoms with Crippen LogP contribution in [0.4, 0.5) is 0 Å². The van der Waals surface area contributed by atoms with Gasteiger partial charge < -0.3 is 4.74 Å². The summed E-state index contributed by atoms with van der Waals surface area (Å²) in [5, 5.41) is 13.3. The summed E-state index contributed by atoms with van der Waals surface area (Å²) in [7, 11) is 0.